The summed E-state index contributed by atoms with van der Waals surface area (Å²) in [6, 6.07) is 8.05. The number of hydrogen-bond acceptors (Lipinski definition) is 3. The first-order valence-corrected chi connectivity index (χ1v) is 6.11. The highest BCUT2D eigenvalue weighted by atomic mass is 32.1. The predicted molar refractivity (Wildman–Crippen MR) is 73.9 cm³/mol. The van der Waals surface area contributed by atoms with Crippen molar-refractivity contribution in [3.63, 3.8) is 0 Å². The molecule has 0 atom stereocenters. The molecule has 0 saturated carbocycles. The Morgan fingerprint density at radius 3 is 3.06 bits per heavy atom. The largest absolute Gasteiger partial charge is 0.284 e. The minimum absolute atomic E-state index is 0.544. The molecule has 2 heterocycles. The van der Waals surface area contributed by atoms with Crippen LogP contribution in [0.25, 0.3) is 5.69 Å². The van der Waals surface area contributed by atoms with Gasteiger partial charge in [-0.05, 0) is 18.3 Å². The Balaban J connectivity index is 2.29. The van der Waals surface area contributed by atoms with Gasteiger partial charge in [-0.25, -0.2) is 4.68 Å². The number of benzene rings is 1. The molecule has 1 aromatic carbocycles. The van der Waals surface area contributed by atoms with Crippen LogP contribution in [0.15, 0.2) is 41.9 Å². The smallest absolute Gasteiger partial charge is 0.202 e. The van der Waals surface area contributed by atoms with Crippen LogP contribution in [0.2, 0.25) is 0 Å². The van der Waals surface area contributed by atoms with E-state index in [0.29, 0.717) is 17.9 Å². The van der Waals surface area contributed by atoms with Crippen molar-refractivity contribution >= 4 is 18.4 Å². The van der Waals surface area contributed by atoms with Crippen LogP contribution in [-0.4, -0.2) is 20.6 Å². The van der Waals surface area contributed by atoms with Gasteiger partial charge in [-0.1, -0.05) is 24.3 Å². The molecule has 1 aliphatic heterocycles. The van der Waals surface area contributed by atoms with Crippen LogP contribution in [0.5, 0.6) is 0 Å². The molecule has 0 bridgehead atoms. The first-order valence-electron chi connectivity index (χ1n) is 5.70. The first kappa shape index (κ1) is 11.1. The molecule has 2 aromatic rings. The maximum absolute atomic E-state index is 5.47. The van der Waals surface area contributed by atoms with Gasteiger partial charge in [0.05, 0.1) is 18.8 Å². The lowest BCUT2D eigenvalue weighted by Gasteiger charge is -2.05. The van der Waals surface area contributed by atoms with Gasteiger partial charge in [-0.2, -0.15) is 5.10 Å². The predicted octanol–water partition coefficient (Wildman–Crippen LogP) is 2.52. The zero-order valence-electron chi connectivity index (χ0n) is 9.78. The topological polar surface area (TPSA) is 35.1 Å². The molecule has 4 nitrogen and oxygen atoms in total. The Morgan fingerprint density at radius 2 is 2.22 bits per heavy atom. The number of hydrogen-bond donors (Lipinski definition) is 0. The molecule has 0 fully saturated rings. The summed E-state index contributed by atoms with van der Waals surface area (Å²) in [6.45, 7) is 4.88. The normalized spacial score (nSPS) is 12.7. The molecule has 18 heavy (non-hydrogen) atoms. The minimum Gasteiger partial charge on any atom is -0.284 e. The van der Waals surface area contributed by atoms with Gasteiger partial charge in [0.1, 0.15) is 0 Å². The van der Waals surface area contributed by atoms with E-state index in [4.69, 9.17) is 12.2 Å². The Hall–Kier alpha value is -2.01. The maximum Gasteiger partial charge on any atom is 0.202 e. The van der Waals surface area contributed by atoms with Gasteiger partial charge >= 0.3 is 0 Å². The average molecular weight is 256 g/mol. The molecule has 0 amide bonds. The second kappa shape index (κ2) is 4.34. The van der Waals surface area contributed by atoms with Crippen molar-refractivity contribution in [1.29, 1.82) is 0 Å². The van der Waals surface area contributed by atoms with Gasteiger partial charge < -0.3 is 0 Å². The van der Waals surface area contributed by atoms with Crippen molar-refractivity contribution in [2.45, 2.75) is 13.1 Å². The Labute approximate surface area is 110 Å². The second-order valence-electron chi connectivity index (χ2n) is 4.03. The number of rotatable bonds is 2. The maximum atomic E-state index is 5.47. The van der Waals surface area contributed by atoms with E-state index >= 15 is 0 Å². The number of para-hydroxylation sites is 1. The molecule has 0 unspecified atom stereocenters. The summed E-state index contributed by atoms with van der Waals surface area (Å²) in [5, 5.41) is 4.49. The van der Waals surface area contributed by atoms with Gasteiger partial charge in [-0.15, -0.1) is 6.58 Å². The summed E-state index contributed by atoms with van der Waals surface area (Å²) in [7, 11) is 0. The molecular formula is C13H12N4S. The zero-order valence-corrected chi connectivity index (χ0v) is 10.6. The first-order chi connectivity index (χ1) is 8.81. The fourth-order valence-corrected chi connectivity index (χ4v) is 2.38. The van der Waals surface area contributed by atoms with Crippen molar-refractivity contribution in [3.05, 3.63) is 53.1 Å². The third kappa shape index (κ3) is 1.64. The monoisotopic (exact) mass is 256 g/mol. The molecule has 1 aromatic heterocycles. The van der Waals surface area contributed by atoms with E-state index in [1.807, 2.05) is 35.0 Å². The van der Waals surface area contributed by atoms with Gasteiger partial charge in [0.2, 0.25) is 4.77 Å². The molecule has 1 aliphatic rings. The molecule has 0 radical (unpaired) electrons. The van der Waals surface area contributed by atoms with Crippen LogP contribution < -0.4 is 0 Å². The average Bonchev–Trinajstić information content (AvgIpc) is 2.59. The van der Waals surface area contributed by atoms with Crippen LogP contribution in [0.1, 0.15) is 11.4 Å². The molecule has 3 rings (SSSR count). The molecule has 90 valence electrons. The van der Waals surface area contributed by atoms with E-state index in [9.17, 15) is 0 Å². The van der Waals surface area contributed by atoms with Crippen LogP contribution in [0.3, 0.4) is 0 Å². The lowest BCUT2D eigenvalue weighted by Crippen LogP contribution is -2.02. The number of nitrogens with zero attached hydrogens (tertiary/aromatic N) is 4. The van der Waals surface area contributed by atoms with Gasteiger partial charge in [0.15, 0.2) is 5.82 Å². The number of fused-ring (bicyclic) bond motifs is 3. The molecule has 0 N–H and O–H groups in total. The fraction of sp³-hybridized carbons (Fsp3) is 0.154. The van der Waals surface area contributed by atoms with Crippen molar-refractivity contribution in [2.24, 2.45) is 4.99 Å². The van der Waals surface area contributed by atoms with E-state index < -0.39 is 0 Å². The van der Waals surface area contributed by atoms with Crippen molar-refractivity contribution in [3.8, 4) is 5.69 Å². The van der Waals surface area contributed by atoms with Crippen LogP contribution in [-0.2, 0) is 13.1 Å². The Morgan fingerprint density at radius 1 is 1.39 bits per heavy atom. The molecule has 0 aliphatic carbocycles. The van der Waals surface area contributed by atoms with E-state index in [0.717, 1.165) is 17.1 Å². The Kier molecular flexibility index (Phi) is 2.68. The van der Waals surface area contributed by atoms with Gasteiger partial charge in [0, 0.05) is 11.8 Å². The van der Waals surface area contributed by atoms with E-state index in [1.54, 1.807) is 10.8 Å². The molecule has 5 heteroatoms. The summed E-state index contributed by atoms with van der Waals surface area (Å²) >= 11 is 5.47. The van der Waals surface area contributed by atoms with Crippen LogP contribution in [0, 0.1) is 4.77 Å². The van der Waals surface area contributed by atoms with E-state index in [-0.39, 0.29) is 0 Å². The lowest BCUT2D eigenvalue weighted by molar-refractivity contribution is 0.677. The highest BCUT2D eigenvalue weighted by Gasteiger charge is 2.15. The molecular weight excluding hydrogens is 244 g/mol. The zero-order chi connectivity index (χ0) is 12.5. The van der Waals surface area contributed by atoms with Crippen LogP contribution >= 0.6 is 12.2 Å². The highest BCUT2D eigenvalue weighted by Crippen LogP contribution is 2.19. The van der Waals surface area contributed by atoms with Gasteiger partial charge in [-0.3, -0.25) is 9.56 Å². The third-order valence-electron chi connectivity index (χ3n) is 2.85. The highest BCUT2D eigenvalue weighted by molar-refractivity contribution is 7.71. The second-order valence-corrected chi connectivity index (χ2v) is 4.40. The standard InChI is InChI=1S/C13H12N4S/c1-2-7-16-13(18)17-11-6-4-3-5-10(11)8-14-9-12(17)15-16/h2-6,8H,1,7,9H2. The van der Waals surface area contributed by atoms with E-state index in [2.05, 4.69) is 16.7 Å². The lowest BCUT2D eigenvalue weighted by atomic mass is 10.2. The molecule has 0 spiro atoms. The summed E-state index contributed by atoms with van der Waals surface area (Å²) in [5.74, 6) is 0.864. The van der Waals surface area contributed by atoms with E-state index in [1.165, 1.54) is 0 Å². The van der Waals surface area contributed by atoms with Crippen molar-refractivity contribution < 1.29 is 0 Å². The summed E-state index contributed by atoms with van der Waals surface area (Å²) < 4.78 is 4.44. The van der Waals surface area contributed by atoms with Crippen LogP contribution in [0.4, 0.5) is 0 Å². The van der Waals surface area contributed by atoms with Gasteiger partial charge in [0.25, 0.3) is 0 Å². The molecule has 0 saturated heterocycles. The quantitative estimate of drug-likeness (QED) is 0.611. The minimum atomic E-state index is 0.544. The SMILES string of the molecule is C=CCn1nc2n(c1=S)-c1ccccc1C=NC2. The number of allylic oxidation sites excluding steroid dienone is 1. The number of aromatic nitrogens is 3. The summed E-state index contributed by atoms with van der Waals surface area (Å²) in [4.78, 5) is 4.37. The summed E-state index contributed by atoms with van der Waals surface area (Å²) in [6.07, 6.45) is 3.66. The third-order valence-corrected chi connectivity index (χ3v) is 3.24. The fourth-order valence-electron chi connectivity index (χ4n) is 2.06. The Bertz CT molecular complexity index is 693. The number of aliphatic imine (C=N–C) groups is 1. The van der Waals surface area contributed by atoms with Crippen molar-refractivity contribution in [1.82, 2.24) is 14.3 Å². The van der Waals surface area contributed by atoms with Crippen molar-refractivity contribution in [2.75, 3.05) is 0 Å². The summed E-state index contributed by atoms with van der Waals surface area (Å²) in [5.41, 5.74) is 2.10.